The van der Waals surface area contributed by atoms with E-state index in [1.165, 1.54) is 14.1 Å². The first kappa shape index (κ1) is 21.9. The molecular weight excluding hydrogens is 480 g/mol. The van der Waals surface area contributed by atoms with Gasteiger partial charge in [-0.05, 0) is 6.07 Å². The number of aromatic nitrogens is 3. The highest BCUT2D eigenvalue weighted by atomic mass is 79.9. The van der Waals surface area contributed by atoms with E-state index in [0.29, 0.717) is 20.5 Å². The molecule has 0 aliphatic heterocycles. The number of ether oxygens (including phenoxy) is 1. The summed E-state index contributed by atoms with van der Waals surface area (Å²) in [5, 5.41) is 6.14. The van der Waals surface area contributed by atoms with E-state index in [2.05, 4.69) is 35.9 Å². The standard InChI is InChI=1S/C13H15BrN6O6S2/c1-18(2)28(24,25)19-9-15-12(17-19)27(22,23)20(13(21)26-3)16-8-10-6-4-5-7-11(10)14/h4-9H,1-3H3/b16-8+. The molecule has 0 fully saturated rings. The summed E-state index contributed by atoms with van der Waals surface area (Å²) in [5.41, 5.74) is 0.472. The lowest BCUT2D eigenvalue weighted by Gasteiger charge is -2.13. The van der Waals surface area contributed by atoms with Gasteiger partial charge in [0.05, 0.1) is 13.3 Å². The lowest BCUT2D eigenvalue weighted by molar-refractivity contribution is 0.150. The Bertz CT molecular complexity index is 1110. The maximum absolute atomic E-state index is 12.7. The molecule has 2 aromatic rings. The van der Waals surface area contributed by atoms with Gasteiger partial charge in [0.1, 0.15) is 6.33 Å². The Balaban J connectivity index is 2.48. The summed E-state index contributed by atoms with van der Waals surface area (Å²) in [6.07, 6.45) is 0.455. The quantitative estimate of drug-likeness (QED) is 0.416. The summed E-state index contributed by atoms with van der Waals surface area (Å²) in [4.78, 5) is 15.4. The van der Waals surface area contributed by atoms with Crippen molar-refractivity contribution in [1.29, 1.82) is 0 Å². The van der Waals surface area contributed by atoms with Crippen molar-refractivity contribution in [2.75, 3.05) is 21.2 Å². The van der Waals surface area contributed by atoms with E-state index in [-0.39, 0.29) is 4.41 Å². The largest absolute Gasteiger partial charge is 0.451 e. The summed E-state index contributed by atoms with van der Waals surface area (Å²) < 4.78 is 55.7. The third-order valence-corrected chi connectivity index (χ3v) is 6.79. The molecule has 152 valence electrons. The van der Waals surface area contributed by atoms with E-state index in [4.69, 9.17) is 0 Å². The number of hydrogen-bond acceptors (Lipinski definition) is 9. The topological polar surface area (TPSA) is 144 Å². The number of halogens is 1. The first-order valence-electron chi connectivity index (χ1n) is 7.28. The van der Waals surface area contributed by atoms with Crippen molar-refractivity contribution in [1.82, 2.24) is 22.9 Å². The molecule has 1 amide bonds. The zero-order chi connectivity index (χ0) is 21.1. The SMILES string of the molecule is COC(=O)N(/N=C/c1ccccc1Br)S(=O)(=O)c1ncn(S(=O)(=O)N(C)C)n1. The lowest BCUT2D eigenvalue weighted by Crippen LogP contribution is -2.34. The molecule has 1 aromatic heterocycles. The molecule has 0 saturated carbocycles. The molecule has 0 radical (unpaired) electrons. The van der Waals surface area contributed by atoms with E-state index >= 15 is 0 Å². The summed E-state index contributed by atoms with van der Waals surface area (Å²) in [7, 11) is -5.42. The van der Waals surface area contributed by atoms with Crippen LogP contribution in [0.5, 0.6) is 0 Å². The summed E-state index contributed by atoms with van der Waals surface area (Å²) >= 11 is 3.26. The number of sulfonamides is 1. The van der Waals surface area contributed by atoms with Crippen LogP contribution < -0.4 is 0 Å². The van der Waals surface area contributed by atoms with E-state index in [9.17, 15) is 21.6 Å². The van der Waals surface area contributed by atoms with Gasteiger partial charge in [0.25, 0.3) is 5.16 Å². The van der Waals surface area contributed by atoms with Gasteiger partial charge in [-0.15, -0.1) is 9.19 Å². The fraction of sp³-hybridized carbons (Fsp3) is 0.231. The number of hydrazone groups is 1. The molecule has 12 nitrogen and oxygen atoms in total. The van der Waals surface area contributed by atoms with Gasteiger partial charge in [-0.1, -0.05) is 38.5 Å². The van der Waals surface area contributed by atoms with Gasteiger partial charge < -0.3 is 4.74 Å². The van der Waals surface area contributed by atoms with Gasteiger partial charge in [0.2, 0.25) is 0 Å². The van der Waals surface area contributed by atoms with E-state index in [1.54, 1.807) is 24.3 Å². The van der Waals surface area contributed by atoms with E-state index in [1.807, 2.05) is 0 Å². The Kier molecular flexibility index (Phi) is 6.53. The van der Waals surface area contributed by atoms with Crippen molar-refractivity contribution in [3.8, 4) is 0 Å². The monoisotopic (exact) mass is 494 g/mol. The average Bonchev–Trinajstić information content (AvgIpc) is 3.14. The molecule has 0 unspecified atom stereocenters. The van der Waals surface area contributed by atoms with Crippen LogP contribution in [0.4, 0.5) is 4.79 Å². The van der Waals surface area contributed by atoms with Crippen LogP contribution in [0.1, 0.15) is 5.56 Å². The van der Waals surface area contributed by atoms with Crippen LogP contribution >= 0.6 is 15.9 Å². The average molecular weight is 495 g/mol. The van der Waals surface area contributed by atoms with Crippen molar-refractivity contribution < 1.29 is 26.4 Å². The molecule has 0 N–H and O–H groups in total. The number of rotatable bonds is 6. The Morgan fingerprint density at radius 3 is 2.46 bits per heavy atom. The Morgan fingerprint density at radius 1 is 1.25 bits per heavy atom. The minimum atomic E-state index is -4.74. The van der Waals surface area contributed by atoms with Crippen LogP contribution in [-0.4, -0.2) is 73.2 Å². The summed E-state index contributed by atoms with van der Waals surface area (Å²) in [5.74, 6) is 0. The first-order valence-corrected chi connectivity index (χ1v) is 10.9. The molecule has 15 heteroatoms. The second kappa shape index (κ2) is 8.34. The number of hydrogen-bond donors (Lipinski definition) is 0. The number of nitrogens with zero attached hydrogens (tertiary/aromatic N) is 6. The minimum Gasteiger partial charge on any atom is -0.451 e. The van der Waals surface area contributed by atoms with E-state index < -0.39 is 31.5 Å². The molecule has 0 atom stereocenters. The van der Waals surface area contributed by atoms with Crippen LogP contribution in [0, 0.1) is 0 Å². The molecule has 1 aromatic carbocycles. The first-order chi connectivity index (χ1) is 13.0. The molecule has 0 saturated heterocycles. The Morgan fingerprint density at radius 2 is 1.89 bits per heavy atom. The van der Waals surface area contributed by atoms with Crippen LogP contribution in [0.25, 0.3) is 0 Å². The van der Waals surface area contributed by atoms with Gasteiger partial charge >= 0.3 is 26.3 Å². The minimum absolute atomic E-state index is 0.0222. The molecule has 1 heterocycles. The Labute approximate surface area is 169 Å². The molecule has 0 aliphatic rings. The number of carbonyl (C=O) groups excluding carboxylic acids is 1. The highest BCUT2D eigenvalue weighted by Crippen LogP contribution is 2.17. The van der Waals surface area contributed by atoms with Crippen molar-refractivity contribution >= 4 is 48.5 Å². The van der Waals surface area contributed by atoms with Crippen LogP contribution in [0.15, 0.2) is 45.3 Å². The van der Waals surface area contributed by atoms with Crippen LogP contribution in [0.2, 0.25) is 0 Å². The van der Waals surface area contributed by atoms with Crippen LogP contribution in [0.3, 0.4) is 0 Å². The van der Waals surface area contributed by atoms with Crippen molar-refractivity contribution in [3.63, 3.8) is 0 Å². The van der Waals surface area contributed by atoms with Crippen LogP contribution in [-0.2, 0) is 25.0 Å². The second-order valence-corrected chi connectivity index (χ2v) is 9.69. The highest BCUT2D eigenvalue weighted by molar-refractivity contribution is 9.10. The number of methoxy groups -OCH3 is 1. The number of amides is 1. The molecule has 0 spiro atoms. The van der Waals surface area contributed by atoms with Gasteiger partial charge in [-0.25, -0.2) is 9.78 Å². The molecule has 2 rings (SSSR count). The Hall–Kier alpha value is -2.36. The predicted octanol–water partition coefficient (Wildman–Crippen LogP) is 0.486. The molecule has 28 heavy (non-hydrogen) atoms. The third-order valence-electron chi connectivity index (χ3n) is 3.15. The normalized spacial score (nSPS) is 12.5. The van der Waals surface area contributed by atoms with Gasteiger partial charge in [0.15, 0.2) is 0 Å². The molecule has 0 bridgehead atoms. The maximum Gasteiger partial charge on any atom is 0.445 e. The summed E-state index contributed by atoms with van der Waals surface area (Å²) in [6, 6.07) is 6.72. The van der Waals surface area contributed by atoms with E-state index in [0.717, 1.165) is 17.6 Å². The van der Waals surface area contributed by atoms with Crippen molar-refractivity contribution in [2.24, 2.45) is 5.10 Å². The van der Waals surface area contributed by atoms with Crippen molar-refractivity contribution in [3.05, 3.63) is 40.6 Å². The maximum atomic E-state index is 12.7. The van der Waals surface area contributed by atoms with Gasteiger partial charge in [-0.2, -0.15) is 26.2 Å². The smallest absolute Gasteiger partial charge is 0.445 e. The van der Waals surface area contributed by atoms with Gasteiger partial charge in [0, 0.05) is 24.1 Å². The summed E-state index contributed by atoms with van der Waals surface area (Å²) in [6.45, 7) is 0. The zero-order valence-electron chi connectivity index (χ0n) is 14.8. The van der Waals surface area contributed by atoms with Crippen molar-refractivity contribution in [2.45, 2.75) is 5.16 Å². The zero-order valence-corrected chi connectivity index (χ0v) is 18.0. The highest BCUT2D eigenvalue weighted by Gasteiger charge is 2.35. The molecular formula is C13H15BrN6O6S2. The number of carbonyl (C=O) groups is 1. The third kappa shape index (κ3) is 4.37. The lowest BCUT2D eigenvalue weighted by atomic mass is 10.2. The predicted molar refractivity (Wildman–Crippen MR) is 101 cm³/mol. The fourth-order valence-electron chi connectivity index (χ4n) is 1.69. The fourth-order valence-corrected chi connectivity index (χ4v) is 3.78. The molecule has 0 aliphatic carbocycles. The van der Waals surface area contributed by atoms with Gasteiger partial charge in [-0.3, -0.25) is 0 Å². The number of benzene rings is 1. The second-order valence-electron chi connectivity index (χ2n) is 5.17.